The van der Waals surface area contributed by atoms with Crippen LogP contribution in [0.5, 0.6) is 0 Å². The maximum absolute atomic E-state index is 12.4. The van der Waals surface area contributed by atoms with Crippen molar-refractivity contribution in [3.63, 3.8) is 0 Å². The van der Waals surface area contributed by atoms with Gasteiger partial charge in [-0.2, -0.15) is 0 Å². The molecule has 0 spiro atoms. The third kappa shape index (κ3) is 1.94. The van der Waals surface area contributed by atoms with E-state index in [-0.39, 0.29) is 12.2 Å². The van der Waals surface area contributed by atoms with Crippen molar-refractivity contribution in [1.82, 2.24) is 5.32 Å². The van der Waals surface area contributed by atoms with Crippen LogP contribution in [0.3, 0.4) is 0 Å². The fourth-order valence-electron chi connectivity index (χ4n) is 1.41. The van der Waals surface area contributed by atoms with Crippen molar-refractivity contribution in [1.29, 1.82) is 0 Å². The van der Waals surface area contributed by atoms with Crippen molar-refractivity contribution in [3.8, 4) is 0 Å². The van der Waals surface area contributed by atoms with Gasteiger partial charge in [-0.3, -0.25) is 0 Å². The molecule has 1 saturated heterocycles. The van der Waals surface area contributed by atoms with E-state index in [0.29, 0.717) is 0 Å². The molecule has 0 radical (unpaired) electrons. The number of nitrogens with one attached hydrogen (secondary N) is 1. The normalized spacial score (nSPS) is 35.4. The Kier molecular flexibility index (Phi) is 2.66. The van der Waals surface area contributed by atoms with Gasteiger partial charge >= 0.3 is 0 Å². The Hall–Kier alpha value is -0.110. The van der Waals surface area contributed by atoms with Crippen molar-refractivity contribution < 1.29 is 4.39 Å². The molecule has 10 heavy (non-hydrogen) atoms. The van der Waals surface area contributed by atoms with E-state index in [4.69, 9.17) is 0 Å². The van der Waals surface area contributed by atoms with E-state index in [2.05, 4.69) is 5.32 Å². The lowest BCUT2D eigenvalue weighted by Crippen LogP contribution is -2.43. The first-order chi connectivity index (χ1) is 4.77. The first-order valence-electron chi connectivity index (χ1n) is 4.08. The van der Waals surface area contributed by atoms with Gasteiger partial charge in [-0.15, -0.1) is 0 Å². The van der Waals surface area contributed by atoms with Gasteiger partial charge < -0.3 is 5.32 Å². The van der Waals surface area contributed by atoms with E-state index in [9.17, 15) is 4.39 Å². The Labute approximate surface area is 62.0 Å². The predicted molar refractivity (Wildman–Crippen MR) is 40.9 cm³/mol. The second-order valence-electron chi connectivity index (χ2n) is 3.43. The summed E-state index contributed by atoms with van der Waals surface area (Å²) in [5.41, 5.74) is -0.212. The summed E-state index contributed by atoms with van der Waals surface area (Å²) in [5, 5.41) is 3.23. The first-order valence-corrected chi connectivity index (χ1v) is 4.08. The summed E-state index contributed by atoms with van der Waals surface area (Å²) in [4.78, 5) is 0. The summed E-state index contributed by atoms with van der Waals surface area (Å²) >= 11 is 0. The van der Waals surface area contributed by atoms with Crippen LogP contribution >= 0.6 is 0 Å². The maximum Gasteiger partial charge on any atom is 0.107 e. The smallest absolute Gasteiger partial charge is 0.107 e. The van der Waals surface area contributed by atoms with E-state index in [1.165, 1.54) is 19.3 Å². The molecule has 2 heteroatoms. The molecule has 1 fully saturated rings. The maximum atomic E-state index is 12.4. The molecule has 0 aromatic heterocycles. The third-order valence-corrected chi connectivity index (χ3v) is 2.25. The highest BCUT2D eigenvalue weighted by Gasteiger charge is 2.24. The number of hydrogen-bond donors (Lipinski definition) is 1. The quantitative estimate of drug-likeness (QED) is 0.594. The fraction of sp³-hybridized carbons (Fsp3) is 1.00. The molecular weight excluding hydrogens is 129 g/mol. The van der Waals surface area contributed by atoms with Crippen LogP contribution in [0.15, 0.2) is 0 Å². The Morgan fingerprint density at radius 2 is 2.20 bits per heavy atom. The minimum absolute atomic E-state index is 0.212. The third-order valence-electron chi connectivity index (χ3n) is 2.25. The minimum Gasteiger partial charge on any atom is -0.309 e. The summed E-state index contributed by atoms with van der Waals surface area (Å²) in [6.07, 6.45) is 4.62. The molecule has 0 aliphatic carbocycles. The summed E-state index contributed by atoms with van der Waals surface area (Å²) in [7, 11) is 0. The lowest BCUT2D eigenvalue weighted by molar-refractivity contribution is 0.260. The number of rotatable bonds is 1. The second-order valence-corrected chi connectivity index (χ2v) is 3.43. The summed E-state index contributed by atoms with van der Waals surface area (Å²) in [6, 6.07) is 0. The highest BCUT2D eigenvalue weighted by molar-refractivity contribution is 4.84. The van der Waals surface area contributed by atoms with E-state index in [0.717, 1.165) is 13.0 Å². The molecule has 0 saturated carbocycles. The molecule has 0 aromatic rings. The molecule has 1 unspecified atom stereocenters. The molecule has 1 nitrogen and oxygen atoms in total. The van der Waals surface area contributed by atoms with Crippen LogP contribution in [0.4, 0.5) is 4.39 Å². The van der Waals surface area contributed by atoms with Crippen LogP contribution in [0.25, 0.3) is 0 Å². The van der Waals surface area contributed by atoms with Crippen molar-refractivity contribution in [2.45, 2.75) is 38.1 Å². The van der Waals surface area contributed by atoms with Gasteiger partial charge in [0.05, 0.1) is 0 Å². The van der Waals surface area contributed by atoms with Gasteiger partial charge in [0.15, 0.2) is 0 Å². The highest BCUT2D eigenvalue weighted by Crippen LogP contribution is 2.18. The van der Waals surface area contributed by atoms with Crippen LogP contribution in [-0.2, 0) is 0 Å². The lowest BCUT2D eigenvalue weighted by atomic mass is 9.98. The van der Waals surface area contributed by atoms with Gasteiger partial charge in [0.1, 0.15) is 6.67 Å². The van der Waals surface area contributed by atoms with Crippen molar-refractivity contribution in [2.24, 2.45) is 0 Å². The van der Waals surface area contributed by atoms with Crippen molar-refractivity contribution >= 4 is 0 Å². The van der Waals surface area contributed by atoms with Gasteiger partial charge in [-0.25, -0.2) is 4.39 Å². The largest absolute Gasteiger partial charge is 0.309 e. The molecule has 1 N–H and O–H groups in total. The zero-order valence-electron chi connectivity index (χ0n) is 6.62. The predicted octanol–water partition coefficient (Wildman–Crippen LogP) is 1.88. The summed E-state index contributed by atoms with van der Waals surface area (Å²) in [5.74, 6) is 0. The lowest BCUT2D eigenvalue weighted by Gasteiger charge is -2.25. The first kappa shape index (κ1) is 7.99. The minimum atomic E-state index is -0.229. The molecule has 0 aromatic carbocycles. The van der Waals surface area contributed by atoms with Gasteiger partial charge in [0.2, 0.25) is 0 Å². The summed E-state index contributed by atoms with van der Waals surface area (Å²) in [6.45, 7) is 2.73. The average Bonchev–Trinajstić information content (AvgIpc) is 2.15. The molecular formula is C8H16FN. The van der Waals surface area contributed by atoms with Gasteiger partial charge in [0, 0.05) is 5.54 Å². The molecule has 60 valence electrons. The number of alkyl halides is 1. The molecule has 0 amide bonds. The Bertz CT molecular complexity index is 95.4. The number of halogens is 1. The molecule has 1 rings (SSSR count). The van der Waals surface area contributed by atoms with E-state index >= 15 is 0 Å². The number of hydrogen-bond acceptors (Lipinski definition) is 1. The van der Waals surface area contributed by atoms with Gasteiger partial charge in [0.25, 0.3) is 0 Å². The van der Waals surface area contributed by atoms with Crippen LogP contribution < -0.4 is 5.32 Å². The Morgan fingerprint density at radius 3 is 2.90 bits per heavy atom. The monoisotopic (exact) mass is 145 g/mol. The molecule has 1 heterocycles. The van der Waals surface area contributed by atoms with Crippen molar-refractivity contribution in [2.75, 3.05) is 13.2 Å². The zero-order chi connectivity index (χ0) is 7.45. The summed E-state index contributed by atoms with van der Waals surface area (Å²) < 4.78 is 12.4. The van der Waals surface area contributed by atoms with E-state index in [1.807, 2.05) is 6.92 Å². The van der Waals surface area contributed by atoms with Crippen LogP contribution in [0.1, 0.15) is 32.6 Å². The van der Waals surface area contributed by atoms with E-state index in [1.54, 1.807) is 0 Å². The SMILES string of the molecule is CC1(CF)CCCCCN1. The molecule has 1 aliphatic heterocycles. The molecule has 1 aliphatic rings. The van der Waals surface area contributed by atoms with Crippen molar-refractivity contribution in [3.05, 3.63) is 0 Å². The molecule has 0 bridgehead atoms. The highest BCUT2D eigenvalue weighted by atomic mass is 19.1. The average molecular weight is 145 g/mol. The Balaban J connectivity index is 2.41. The second kappa shape index (κ2) is 3.33. The topological polar surface area (TPSA) is 12.0 Å². The Morgan fingerprint density at radius 1 is 1.40 bits per heavy atom. The standard InChI is InChI=1S/C8H16FN/c1-8(7-9)5-3-2-4-6-10-8/h10H,2-7H2,1H3. The van der Waals surface area contributed by atoms with Crippen LogP contribution in [0, 0.1) is 0 Å². The van der Waals surface area contributed by atoms with Crippen LogP contribution in [-0.4, -0.2) is 18.8 Å². The fourth-order valence-corrected chi connectivity index (χ4v) is 1.41. The van der Waals surface area contributed by atoms with Gasteiger partial charge in [-0.05, 0) is 26.3 Å². The van der Waals surface area contributed by atoms with Gasteiger partial charge in [-0.1, -0.05) is 12.8 Å². The zero-order valence-corrected chi connectivity index (χ0v) is 6.62. The van der Waals surface area contributed by atoms with E-state index < -0.39 is 0 Å². The van der Waals surface area contributed by atoms with Crippen LogP contribution in [0.2, 0.25) is 0 Å². The molecule has 1 atom stereocenters.